The molecule has 106 valence electrons. The van der Waals surface area contributed by atoms with E-state index in [2.05, 4.69) is 0 Å². The lowest BCUT2D eigenvalue weighted by atomic mass is 10.2. The van der Waals surface area contributed by atoms with E-state index in [-0.39, 0.29) is 18.2 Å². The summed E-state index contributed by atoms with van der Waals surface area (Å²) in [6.45, 7) is 3.78. The second-order valence-corrected chi connectivity index (χ2v) is 5.57. The average Bonchev–Trinajstić information content (AvgIpc) is 2.39. The van der Waals surface area contributed by atoms with Crippen LogP contribution in [0.4, 0.5) is 0 Å². The van der Waals surface area contributed by atoms with Crippen LogP contribution in [0.25, 0.3) is 0 Å². The molecule has 0 fully saturated rings. The van der Waals surface area contributed by atoms with Crippen LogP contribution < -0.4 is 4.52 Å². The number of hydrogen-bond donors (Lipinski definition) is 0. The van der Waals surface area contributed by atoms with Gasteiger partial charge in [0.2, 0.25) is 0 Å². The van der Waals surface area contributed by atoms with Gasteiger partial charge < -0.3 is 9.05 Å². The number of alkyl halides is 1. The lowest BCUT2D eigenvalue weighted by Crippen LogP contribution is -2.03. The van der Waals surface area contributed by atoms with Crippen LogP contribution in [0.1, 0.15) is 12.5 Å². The Kier molecular flexibility index (Phi) is 6.73. The summed E-state index contributed by atoms with van der Waals surface area (Å²) in [5.41, 5.74) is 2.15. The number of aryl methyl sites for hydroxylation is 1. The van der Waals surface area contributed by atoms with Crippen LogP contribution in [-0.4, -0.2) is 12.5 Å². The van der Waals surface area contributed by atoms with E-state index in [9.17, 15) is 4.57 Å². The van der Waals surface area contributed by atoms with Crippen molar-refractivity contribution in [3.8, 4) is 5.75 Å². The van der Waals surface area contributed by atoms with E-state index in [0.717, 1.165) is 11.1 Å². The van der Waals surface area contributed by atoms with Crippen LogP contribution >= 0.6 is 31.0 Å². The SMILES string of the molecule is CCOP(=O)(O/C(=C/Cl)CCl)Oc1ccc(C)cc1. The maximum atomic E-state index is 12.4. The first-order valence-electron chi connectivity index (χ1n) is 5.58. The molecule has 4 nitrogen and oxygen atoms in total. The van der Waals surface area contributed by atoms with Crippen molar-refractivity contribution in [3.63, 3.8) is 0 Å². The Morgan fingerprint density at radius 1 is 1.37 bits per heavy atom. The Hall–Kier alpha value is -0.670. The fourth-order valence-electron chi connectivity index (χ4n) is 1.17. The third-order valence-electron chi connectivity index (χ3n) is 2.01. The van der Waals surface area contributed by atoms with Crippen LogP contribution in [0, 0.1) is 6.92 Å². The van der Waals surface area contributed by atoms with Gasteiger partial charge in [-0.25, -0.2) is 4.57 Å². The van der Waals surface area contributed by atoms with Crippen molar-refractivity contribution in [3.05, 3.63) is 41.1 Å². The molecule has 0 bridgehead atoms. The number of hydrogen-bond acceptors (Lipinski definition) is 4. The molecule has 0 radical (unpaired) electrons. The first-order valence-corrected chi connectivity index (χ1v) is 8.01. The van der Waals surface area contributed by atoms with Crippen LogP contribution in [0.2, 0.25) is 0 Å². The molecule has 1 atom stereocenters. The zero-order chi connectivity index (χ0) is 14.3. The zero-order valence-corrected chi connectivity index (χ0v) is 13.0. The Bertz CT molecular complexity index is 473. The van der Waals surface area contributed by atoms with Gasteiger partial charge in [0.15, 0.2) is 0 Å². The van der Waals surface area contributed by atoms with Crippen molar-refractivity contribution in [2.75, 3.05) is 12.5 Å². The maximum absolute atomic E-state index is 12.4. The third kappa shape index (κ3) is 5.45. The summed E-state index contributed by atoms with van der Waals surface area (Å²) in [4.78, 5) is 0. The third-order valence-corrected chi connectivity index (χ3v) is 3.98. The minimum absolute atomic E-state index is 0.0299. The van der Waals surface area contributed by atoms with Crippen molar-refractivity contribution in [2.24, 2.45) is 0 Å². The molecule has 1 rings (SSSR count). The van der Waals surface area contributed by atoms with E-state index in [1.165, 1.54) is 0 Å². The standard InChI is InChI=1S/C12H15Cl2O4P/c1-3-16-19(15,18-12(8-13)9-14)17-11-6-4-10(2)5-7-11/h4-8H,3,9H2,1-2H3/b12-8+. The van der Waals surface area contributed by atoms with Crippen LogP contribution in [0.3, 0.4) is 0 Å². The summed E-state index contributed by atoms with van der Waals surface area (Å²) in [6.07, 6.45) is 0. The molecule has 7 heteroatoms. The topological polar surface area (TPSA) is 44.8 Å². The monoisotopic (exact) mass is 324 g/mol. The number of rotatable bonds is 7. The van der Waals surface area contributed by atoms with E-state index in [1.54, 1.807) is 19.1 Å². The van der Waals surface area contributed by atoms with Gasteiger partial charge in [0.25, 0.3) is 0 Å². The summed E-state index contributed by atoms with van der Waals surface area (Å²) >= 11 is 11.1. The highest BCUT2D eigenvalue weighted by Crippen LogP contribution is 2.51. The quantitative estimate of drug-likeness (QED) is 0.408. The van der Waals surface area contributed by atoms with E-state index < -0.39 is 7.82 Å². The second kappa shape index (κ2) is 7.81. The second-order valence-electron chi connectivity index (χ2n) is 3.57. The van der Waals surface area contributed by atoms with Gasteiger partial charge in [0.05, 0.1) is 12.5 Å². The van der Waals surface area contributed by atoms with Gasteiger partial charge in [-0.1, -0.05) is 29.3 Å². The predicted molar refractivity (Wildman–Crippen MR) is 76.8 cm³/mol. The Balaban J connectivity index is 2.87. The van der Waals surface area contributed by atoms with Gasteiger partial charge in [-0.15, -0.1) is 11.6 Å². The zero-order valence-electron chi connectivity index (χ0n) is 10.6. The molecule has 19 heavy (non-hydrogen) atoms. The fraction of sp³-hybridized carbons (Fsp3) is 0.333. The molecular weight excluding hydrogens is 310 g/mol. The fourth-order valence-corrected chi connectivity index (χ4v) is 2.89. The van der Waals surface area contributed by atoms with E-state index in [1.807, 2.05) is 19.1 Å². The molecule has 0 aliphatic heterocycles. The summed E-state index contributed by atoms with van der Waals surface area (Å²) in [5.74, 6) is 0.468. The average molecular weight is 325 g/mol. The van der Waals surface area contributed by atoms with E-state index in [4.69, 9.17) is 36.8 Å². The molecule has 1 aromatic rings. The Morgan fingerprint density at radius 2 is 2.00 bits per heavy atom. The molecule has 0 aliphatic rings. The first-order chi connectivity index (χ1) is 9.03. The summed E-state index contributed by atoms with van der Waals surface area (Å²) < 4.78 is 27.8. The van der Waals surface area contributed by atoms with Crippen molar-refractivity contribution < 1.29 is 18.1 Å². The minimum Gasteiger partial charge on any atom is -0.397 e. The molecule has 0 saturated heterocycles. The largest absolute Gasteiger partial charge is 0.587 e. The lowest BCUT2D eigenvalue weighted by molar-refractivity contribution is 0.193. The van der Waals surface area contributed by atoms with Crippen molar-refractivity contribution >= 4 is 31.0 Å². The molecule has 0 heterocycles. The van der Waals surface area contributed by atoms with E-state index >= 15 is 0 Å². The molecule has 0 aliphatic carbocycles. The first kappa shape index (κ1) is 16.4. The predicted octanol–water partition coefficient (Wildman–Crippen LogP) is 4.85. The highest BCUT2D eigenvalue weighted by atomic mass is 35.5. The van der Waals surface area contributed by atoms with E-state index in [0.29, 0.717) is 5.75 Å². The van der Waals surface area contributed by atoms with Crippen molar-refractivity contribution in [2.45, 2.75) is 13.8 Å². The van der Waals surface area contributed by atoms with Gasteiger partial charge >= 0.3 is 7.82 Å². The highest BCUT2D eigenvalue weighted by Gasteiger charge is 2.30. The molecule has 0 saturated carbocycles. The van der Waals surface area contributed by atoms with Gasteiger partial charge in [0.1, 0.15) is 11.5 Å². The molecule has 1 aromatic carbocycles. The highest BCUT2D eigenvalue weighted by molar-refractivity contribution is 7.49. The van der Waals surface area contributed by atoms with Gasteiger partial charge in [0, 0.05) is 5.54 Å². The van der Waals surface area contributed by atoms with Crippen LogP contribution in [0.15, 0.2) is 35.6 Å². The van der Waals surface area contributed by atoms with Gasteiger partial charge in [-0.05, 0) is 26.0 Å². The maximum Gasteiger partial charge on any atom is 0.587 e. The number of phosphoric acid groups is 1. The Labute approximate surface area is 122 Å². The van der Waals surface area contributed by atoms with Gasteiger partial charge in [-0.3, -0.25) is 4.52 Å². The summed E-state index contributed by atoms with van der Waals surface area (Å²) in [7, 11) is -3.78. The summed E-state index contributed by atoms with van der Waals surface area (Å²) in [5, 5.41) is 0. The van der Waals surface area contributed by atoms with Crippen LogP contribution in [0.5, 0.6) is 5.75 Å². The van der Waals surface area contributed by atoms with Crippen molar-refractivity contribution in [1.82, 2.24) is 0 Å². The molecule has 0 N–H and O–H groups in total. The smallest absolute Gasteiger partial charge is 0.397 e. The number of benzene rings is 1. The summed E-state index contributed by atoms with van der Waals surface area (Å²) in [6, 6.07) is 7.00. The minimum atomic E-state index is -3.78. The molecule has 1 unspecified atom stereocenters. The molecular formula is C12H15Cl2O4P. The van der Waals surface area contributed by atoms with Gasteiger partial charge in [-0.2, -0.15) is 0 Å². The molecule has 0 amide bonds. The molecule has 0 aromatic heterocycles. The molecule has 0 spiro atoms. The van der Waals surface area contributed by atoms with Crippen molar-refractivity contribution in [1.29, 1.82) is 0 Å². The van der Waals surface area contributed by atoms with Crippen LogP contribution in [-0.2, 0) is 13.6 Å². The normalized spacial score (nSPS) is 14.8. The lowest BCUT2D eigenvalue weighted by Gasteiger charge is -2.18. The number of halogens is 2. The number of allylic oxidation sites excluding steroid dienone is 1. The Morgan fingerprint density at radius 3 is 2.47 bits per heavy atom. The number of phosphoric ester groups is 1.